The number of nitrogens with one attached hydrogen (secondary N) is 1. The van der Waals surface area contributed by atoms with E-state index < -0.39 is 23.1 Å². The predicted molar refractivity (Wildman–Crippen MR) is 120 cm³/mol. The number of carbonyl (C=O) groups is 3. The number of carboxylic acids is 1. The molecule has 1 aromatic carbocycles. The molecule has 1 atom stereocenters. The number of aromatic nitrogens is 1. The molecule has 1 aliphatic rings. The number of amidine groups is 1. The fourth-order valence-electron chi connectivity index (χ4n) is 2.66. The monoisotopic (exact) mass is 472 g/mol. The lowest BCUT2D eigenvalue weighted by molar-refractivity contribution is -0.138. The smallest absolute Gasteiger partial charge is 0.338 e. The molecule has 1 amide bonds. The van der Waals surface area contributed by atoms with Crippen molar-refractivity contribution in [2.24, 2.45) is 10.2 Å². The quantitative estimate of drug-likeness (QED) is 0.319. The molecule has 1 unspecified atom stereocenters. The average Bonchev–Trinajstić information content (AvgIpc) is 3.13. The largest absolute Gasteiger partial charge is 0.493 e. The zero-order valence-corrected chi connectivity index (χ0v) is 18.5. The number of hydrogen-bond donors (Lipinski definition) is 2. The second-order valence-corrected chi connectivity index (χ2v) is 7.65. The molecule has 3 rings (SSSR count). The van der Waals surface area contributed by atoms with Crippen molar-refractivity contribution in [1.82, 2.24) is 10.3 Å². The van der Waals surface area contributed by atoms with Crippen LogP contribution in [0.1, 0.15) is 29.3 Å². The second-order valence-electron chi connectivity index (χ2n) is 6.46. The van der Waals surface area contributed by atoms with E-state index in [1.807, 2.05) is 0 Å². The van der Waals surface area contributed by atoms with Crippen LogP contribution in [0.5, 0.6) is 17.4 Å². The summed E-state index contributed by atoms with van der Waals surface area (Å²) in [7, 11) is 1.47. The van der Waals surface area contributed by atoms with Crippen molar-refractivity contribution >= 4 is 41.0 Å². The van der Waals surface area contributed by atoms with E-state index in [1.54, 1.807) is 25.1 Å². The number of benzene rings is 1. The van der Waals surface area contributed by atoms with E-state index in [1.165, 1.54) is 31.7 Å². The van der Waals surface area contributed by atoms with Gasteiger partial charge in [0.05, 0.1) is 31.9 Å². The maximum absolute atomic E-state index is 11.9. The van der Waals surface area contributed by atoms with Crippen LogP contribution in [0.15, 0.2) is 46.7 Å². The van der Waals surface area contributed by atoms with Gasteiger partial charge >= 0.3 is 11.9 Å². The van der Waals surface area contributed by atoms with Crippen LogP contribution in [-0.2, 0) is 14.3 Å². The molecule has 12 heteroatoms. The molecule has 1 aliphatic heterocycles. The maximum Gasteiger partial charge on any atom is 0.338 e. The predicted octanol–water partition coefficient (Wildman–Crippen LogP) is 2.46. The number of methoxy groups -OCH3 is 1. The van der Waals surface area contributed by atoms with Gasteiger partial charge in [0, 0.05) is 12.3 Å². The first-order valence-electron chi connectivity index (χ1n) is 9.69. The van der Waals surface area contributed by atoms with Crippen molar-refractivity contribution in [3.05, 3.63) is 47.7 Å². The Morgan fingerprint density at radius 1 is 1.27 bits per heavy atom. The number of aliphatic carboxylic acids is 1. The average molecular weight is 472 g/mol. The fraction of sp³-hybridized carbons (Fsp3) is 0.238. The van der Waals surface area contributed by atoms with E-state index >= 15 is 0 Å². The summed E-state index contributed by atoms with van der Waals surface area (Å²) in [6, 6.07) is 7.99. The van der Waals surface area contributed by atoms with Crippen molar-refractivity contribution in [2.45, 2.75) is 18.6 Å². The molecule has 1 fully saturated rings. The molecule has 11 nitrogen and oxygen atoms in total. The molecule has 33 heavy (non-hydrogen) atoms. The van der Waals surface area contributed by atoms with Gasteiger partial charge in [-0.25, -0.2) is 9.78 Å². The van der Waals surface area contributed by atoms with Crippen molar-refractivity contribution in [1.29, 1.82) is 0 Å². The minimum absolute atomic E-state index is 0.191. The molecular formula is C21H20N4O7S. The standard InChI is InChI=1S/C21H20N4O7S/c1-3-31-20(29)13-6-7-22-17(9-13)32-14-5-4-12(8-15(14)30-2)11-23-25-21-24-19(28)16(33-21)10-18(26)27/h4-9,11,16H,3,10H2,1-2H3,(H,26,27)(H,24,25,28). The van der Waals surface area contributed by atoms with Crippen LogP contribution >= 0.6 is 11.8 Å². The number of nitrogens with zero attached hydrogens (tertiary/aromatic N) is 3. The number of carboxylic acid groups (broad SMARTS) is 1. The van der Waals surface area contributed by atoms with Crippen LogP contribution in [-0.4, -0.2) is 58.3 Å². The van der Waals surface area contributed by atoms with Gasteiger partial charge in [0.15, 0.2) is 16.7 Å². The van der Waals surface area contributed by atoms with Gasteiger partial charge in [0.1, 0.15) is 5.25 Å². The third-order valence-electron chi connectivity index (χ3n) is 4.14. The van der Waals surface area contributed by atoms with Crippen LogP contribution < -0.4 is 14.8 Å². The van der Waals surface area contributed by atoms with E-state index in [0.717, 1.165) is 11.8 Å². The number of amides is 1. The van der Waals surface area contributed by atoms with Gasteiger partial charge in [-0.1, -0.05) is 11.8 Å². The first kappa shape index (κ1) is 23.7. The molecule has 0 radical (unpaired) electrons. The van der Waals surface area contributed by atoms with Gasteiger partial charge < -0.3 is 24.6 Å². The summed E-state index contributed by atoms with van der Waals surface area (Å²) in [5.74, 6) is -1.01. The summed E-state index contributed by atoms with van der Waals surface area (Å²) >= 11 is 1.01. The third kappa shape index (κ3) is 6.53. The first-order valence-corrected chi connectivity index (χ1v) is 10.6. The fourth-order valence-corrected chi connectivity index (χ4v) is 3.58. The van der Waals surface area contributed by atoms with E-state index in [2.05, 4.69) is 20.5 Å². The molecule has 172 valence electrons. The minimum atomic E-state index is -1.07. The maximum atomic E-state index is 11.9. The van der Waals surface area contributed by atoms with E-state index in [4.69, 9.17) is 19.3 Å². The van der Waals surface area contributed by atoms with Crippen molar-refractivity contribution in [3.63, 3.8) is 0 Å². The zero-order chi connectivity index (χ0) is 23.8. The Kier molecular flexibility index (Phi) is 7.97. The highest BCUT2D eigenvalue weighted by Crippen LogP contribution is 2.31. The van der Waals surface area contributed by atoms with E-state index in [9.17, 15) is 14.4 Å². The van der Waals surface area contributed by atoms with Crippen molar-refractivity contribution in [3.8, 4) is 17.4 Å². The molecule has 2 aromatic rings. The molecule has 0 aliphatic carbocycles. The summed E-state index contributed by atoms with van der Waals surface area (Å²) in [6.45, 7) is 1.98. The summed E-state index contributed by atoms with van der Waals surface area (Å²) in [4.78, 5) is 38.5. The number of hydrogen-bond acceptors (Lipinski definition) is 10. The first-order chi connectivity index (χ1) is 15.9. The van der Waals surface area contributed by atoms with Crippen LogP contribution in [0.3, 0.4) is 0 Å². The SMILES string of the molecule is CCOC(=O)c1ccnc(Oc2ccc(C=NN=C3NC(=O)C(CC(=O)O)S3)cc2OC)c1. The highest BCUT2D eigenvalue weighted by molar-refractivity contribution is 8.15. The van der Waals surface area contributed by atoms with Crippen molar-refractivity contribution < 1.29 is 33.7 Å². The van der Waals surface area contributed by atoms with Gasteiger partial charge in [0.25, 0.3) is 0 Å². The summed E-state index contributed by atoms with van der Waals surface area (Å²) < 4.78 is 16.1. The van der Waals surface area contributed by atoms with Crippen LogP contribution in [0.4, 0.5) is 0 Å². The molecule has 2 N–H and O–H groups in total. The molecule has 0 spiro atoms. The highest BCUT2D eigenvalue weighted by Gasteiger charge is 2.32. The second kappa shape index (κ2) is 11.1. The number of carbonyl (C=O) groups excluding carboxylic acids is 2. The molecule has 0 saturated carbocycles. The Labute approximate surface area is 192 Å². The number of rotatable bonds is 9. The van der Waals surface area contributed by atoms with Crippen LogP contribution in [0, 0.1) is 0 Å². The molecule has 1 saturated heterocycles. The molecule has 1 aromatic heterocycles. The highest BCUT2D eigenvalue weighted by atomic mass is 32.2. The van der Waals surface area contributed by atoms with Crippen LogP contribution in [0.2, 0.25) is 0 Å². The van der Waals surface area contributed by atoms with Crippen molar-refractivity contribution in [2.75, 3.05) is 13.7 Å². The Hall–Kier alpha value is -3.93. The third-order valence-corrected chi connectivity index (χ3v) is 5.21. The Balaban J connectivity index is 1.69. The van der Waals surface area contributed by atoms with E-state index in [-0.39, 0.29) is 24.1 Å². The lowest BCUT2D eigenvalue weighted by Gasteiger charge is -2.10. The van der Waals surface area contributed by atoms with Gasteiger partial charge in [-0.3, -0.25) is 9.59 Å². The summed E-state index contributed by atoms with van der Waals surface area (Å²) in [5, 5.41) is 18.6. The number of ether oxygens (including phenoxy) is 3. The Bertz CT molecular complexity index is 1120. The van der Waals surface area contributed by atoms with Gasteiger partial charge in [-0.05, 0) is 36.8 Å². The Morgan fingerprint density at radius 2 is 2.09 bits per heavy atom. The van der Waals surface area contributed by atoms with Gasteiger partial charge in [-0.15, -0.1) is 5.10 Å². The van der Waals surface area contributed by atoms with Gasteiger partial charge in [-0.2, -0.15) is 5.10 Å². The normalized spacial score (nSPS) is 16.6. The molecule has 2 heterocycles. The summed E-state index contributed by atoms with van der Waals surface area (Å²) in [5.41, 5.74) is 0.944. The number of pyridine rings is 1. The molecular weight excluding hydrogens is 452 g/mol. The number of esters is 1. The van der Waals surface area contributed by atoms with E-state index in [0.29, 0.717) is 22.6 Å². The zero-order valence-electron chi connectivity index (χ0n) is 17.7. The Morgan fingerprint density at radius 3 is 2.82 bits per heavy atom. The van der Waals surface area contributed by atoms with Gasteiger partial charge in [0.2, 0.25) is 11.8 Å². The minimum Gasteiger partial charge on any atom is -0.493 e. The number of thioether (sulfide) groups is 1. The molecule has 0 bridgehead atoms. The lowest BCUT2D eigenvalue weighted by Crippen LogP contribution is -2.26. The van der Waals surface area contributed by atoms with Crippen LogP contribution in [0.25, 0.3) is 0 Å². The summed E-state index contributed by atoms with van der Waals surface area (Å²) in [6.07, 6.45) is 2.58. The lowest BCUT2D eigenvalue weighted by atomic mass is 10.2. The topological polar surface area (TPSA) is 149 Å².